The zero-order valence-electron chi connectivity index (χ0n) is 17.4. The number of hydrogen-bond acceptors (Lipinski definition) is 4. The summed E-state index contributed by atoms with van der Waals surface area (Å²) in [6.45, 7) is 9.37. The zero-order chi connectivity index (χ0) is 20.3. The summed E-state index contributed by atoms with van der Waals surface area (Å²) in [7, 11) is -3.48. The number of piperazine rings is 1. The number of hydrogen-bond donors (Lipinski definition) is 0. The first-order valence-corrected chi connectivity index (χ1v) is 11.9. The summed E-state index contributed by atoms with van der Waals surface area (Å²) in [5, 5.41) is 0. The average molecular weight is 408 g/mol. The second kappa shape index (κ2) is 8.93. The topological polar surface area (TPSA) is 60.9 Å². The van der Waals surface area contributed by atoms with E-state index >= 15 is 0 Å². The number of likely N-dealkylation sites (tertiary alicyclic amines) is 1. The molecule has 2 saturated heterocycles. The molecule has 1 atom stereocenters. The first-order valence-electron chi connectivity index (χ1n) is 10.4. The van der Waals surface area contributed by atoms with Crippen LogP contribution in [0.3, 0.4) is 0 Å². The number of amides is 1. The van der Waals surface area contributed by atoms with Crippen LogP contribution >= 0.6 is 0 Å². The molecule has 2 fully saturated rings. The van der Waals surface area contributed by atoms with Crippen molar-refractivity contribution in [1.29, 1.82) is 0 Å². The van der Waals surface area contributed by atoms with E-state index in [9.17, 15) is 13.2 Å². The Hall–Kier alpha value is -1.44. The molecular formula is C21H33N3O3S. The third-order valence-electron chi connectivity index (χ3n) is 6.23. The maximum Gasteiger partial charge on any atom is 0.243 e. The van der Waals surface area contributed by atoms with Crippen LogP contribution in [0.25, 0.3) is 0 Å². The Balaban J connectivity index is 1.58. The molecule has 28 heavy (non-hydrogen) atoms. The molecule has 6 nitrogen and oxygen atoms in total. The molecule has 7 heteroatoms. The highest BCUT2D eigenvalue weighted by Gasteiger charge is 2.31. The van der Waals surface area contributed by atoms with Crippen molar-refractivity contribution in [1.82, 2.24) is 14.1 Å². The highest BCUT2D eigenvalue weighted by Crippen LogP contribution is 2.22. The van der Waals surface area contributed by atoms with Crippen LogP contribution < -0.4 is 0 Å². The summed E-state index contributed by atoms with van der Waals surface area (Å²) in [4.78, 5) is 17.3. The fourth-order valence-electron chi connectivity index (χ4n) is 4.19. The molecule has 1 aromatic carbocycles. The minimum Gasteiger partial charge on any atom is -0.339 e. The molecule has 156 valence electrons. The Labute approximate surface area is 169 Å². The summed E-state index contributed by atoms with van der Waals surface area (Å²) in [6.07, 6.45) is 4.40. The number of nitrogens with zero attached hydrogens (tertiary/aromatic N) is 3. The third kappa shape index (κ3) is 4.58. The summed E-state index contributed by atoms with van der Waals surface area (Å²) in [5.41, 5.74) is 2.07. The van der Waals surface area contributed by atoms with Crippen LogP contribution in [0, 0.1) is 13.8 Å². The Morgan fingerprint density at radius 3 is 2.39 bits per heavy atom. The maximum absolute atomic E-state index is 12.9. The second-order valence-corrected chi connectivity index (χ2v) is 10.0. The van der Waals surface area contributed by atoms with E-state index in [0.717, 1.165) is 36.9 Å². The first-order chi connectivity index (χ1) is 13.3. The molecule has 0 saturated carbocycles. The standard InChI is InChI=1S/C21H33N3O3S/c1-4-19-7-5-6-10-24(19)21(25)16-22-11-13-23(14-12-22)28(26,27)20-9-8-17(2)18(3)15-20/h8-9,15,19H,4-7,10-14,16H2,1-3H3/t19-/m0/s1. The van der Waals surface area contributed by atoms with Crippen molar-refractivity contribution in [3.63, 3.8) is 0 Å². The van der Waals surface area contributed by atoms with Crippen LogP contribution in [0.4, 0.5) is 0 Å². The molecule has 1 aromatic rings. The molecule has 2 aliphatic heterocycles. The van der Waals surface area contributed by atoms with E-state index in [1.807, 2.05) is 24.8 Å². The molecule has 3 rings (SSSR count). The van der Waals surface area contributed by atoms with Crippen molar-refractivity contribution in [2.75, 3.05) is 39.3 Å². The lowest BCUT2D eigenvalue weighted by Gasteiger charge is -2.38. The number of piperidine rings is 1. The Morgan fingerprint density at radius 2 is 1.75 bits per heavy atom. The summed E-state index contributed by atoms with van der Waals surface area (Å²) < 4.78 is 27.4. The monoisotopic (exact) mass is 407 g/mol. The van der Waals surface area contributed by atoms with Crippen molar-refractivity contribution >= 4 is 15.9 Å². The molecule has 1 amide bonds. The fraction of sp³-hybridized carbons (Fsp3) is 0.667. The summed E-state index contributed by atoms with van der Waals surface area (Å²) in [6, 6.07) is 5.67. The lowest BCUT2D eigenvalue weighted by molar-refractivity contribution is -0.136. The van der Waals surface area contributed by atoms with E-state index in [4.69, 9.17) is 0 Å². The van der Waals surface area contributed by atoms with Gasteiger partial charge in [-0.05, 0) is 62.8 Å². The van der Waals surface area contributed by atoms with Crippen molar-refractivity contribution in [2.24, 2.45) is 0 Å². The van der Waals surface area contributed by atoms with Gasteiger partial charge in [0.2, 0.25) is 15.9 Å². The second-order valence-electron chi connectivity index (χ2n) is 8.07. The van der Waals surface area contributed by atoms with E-state index in [1.54, 1.807) is 16.4 Å². The van der Waals surface area contributed by atoms with Gasteiger partial charge in [-0.15, -0.1) is 0 Å². The average Bonchev–Trinajstić information content (AvgIpc) is 2.70. The number of aryl methyl sites for hydroxylation is 2. The summed E-state index contributed by atoms with van der Waals surface area (Å²) in [5.74, 6) is 0.192. The van der Waals surface area contributed by atoms with Gasteiger partial charge in [-0.2, -0.15) is 4.31 Å². The Bertz CT molecular complexity index is 801. The van der Waals surface area contributed by atoms with Gasteiger partial charge < -0.3 is 4.90 Å². The minimum absolute atomic E-state index is 0.192. The highest BCUT2D eigenvalue weighted by molar-refractivity contribution is 7.89. The van der Waals surface area contributed by atoms with Crippen LogP contribution in [0.2, 0.25) is 0 Å². The first kappa shape index (κ1) is 21.3. The van der Waals surface area contributed by atoms with Crippen LogP contribution in [0.15, 0.2) is 23.1 Å². The van der Waals surface area contributed by atoms with Crippen molar-refractivity contribution in [3.05, 3.63) is 29.3 Å². The van der Waals surface area contributed by atoms with E-state index < -0.39 is 10.0 Å². The lowest BCUT2D eigenvalue weighted by Crippen LogP contribution is -2.53. The Kier molecular flexibility index (Phi) is 6.78. The van der Waals surface area contributed by atoms with Crippen molar-refractivity contribution in [3.8, 4) is 0 Å². The zero-order valence-corrected chi connectivity index (χ0v) is 18.2. The van der Waals surface area contributed by atoms with E-state index in [1.165, 1.54) is 6.42 Å². The van der Waals surface area contributed by atoms with Gasteiger partial charge in [-0.1, -0.05) is 13.0 Å². The molecule has 2 aliphatic rings. The van der Waals surface area contributed by atoms with Gasteiger partial charge in [-0.25, -0.2) is 8.42 Å². The quantitative estimate of drug-likeness (QED) is 0.752. The van der Waals surface area contributed by atoms with Gasteiger partial charge in [0.05, 0.1) is 11.4 Å². The normalized spacial score (nSPS) is 22.4. The van der Waals surface area contributed by atoms with E-state index in [0.29, 0.717) is 43.7 Å². The predicted molar refractivity (Wildman–Crippen MR) is 111 cm³/mol. The van der Waals surface area contributed by atoms with Gasteiger partial charge >= 0.3 is 0 Å². The molecular weight excluding hydrogens is 374 g/mol. The molecule has 0 aromatic heterocycles. The maximum atomic E-state index is 12.9. The SMILES string of the molecule is CC[C@H]1CCCCN1C(=O)CN1CCN(S(=O)(=O)c2ccc(C)c(C)c2)CC1. The van der Waals surface area contributed by atoms with Gasteiger partial charge in [0.25, 0.3) is 0 Å². The molecule has 0 unspecified atom stereocenters. The third-order valence-corrected chi connectivity index (χ3v) is 8.12. The smallest absolute Gasteiger partial charge is 0.243 e. The summed E-state index contributed by atoms with van der Waals surface area (Å²) >= 11 is 0. The van der Waals surface area contributed by atoms with E-state index in [-0.39, 0.29) is 5.91 Å². The fourth-order valence-corrected chi connectivity index (χ4v) is 5.69. The van der Waals surface area contributed by atoms with Crippen LogP contribution in [0.1, 0.15) is 43.7 Å². The predicted octanol–water partition coefficient (Wildman–Crippen LogP) is 2.40. The highest BCUT2D eigenvalue weighted by atomic mass is 32.2. The van der Waals surface area contributed by atoms with Crippen LogP contribution in [0.5, 0.6) is 0 Å². The Morgan fingerprint density at radius 1 is 1.04 bits per heavy atom. The molecule has 2 heterocycles. The van der Waals surface area contributed by atoms with Crippen LogP contribution in [-0.4, -0.2) is 73.7 Å². The number of sulfonamides is 1. The van der Waals surface area contributed by atoms with Gasteiger partial charge in [-0.3, -0.25) is 9.69 Å². The molecule has 0 spiro atoms. The number of carbonyl (C=O) groups is 1. The largest absolute Gasteiger partial charge is 0.339 e. The molecule has 0 N–H and O–H groups in total. The van der Waals surface area contributed by atoms with Crippen LogP contribution in [-0.2, 0) is 14.8 Å². The van der Waals surface area contributed by atoms with E-state index in [2.05, 4.69) is 11.8 Å². The van der Waals surface area contributed by atoms with Gasteiger partial charge in [0.1, 0.15) is 0 Å². The molecule has 0 radical (unpaired) electrons. The molecule has 0 aliphatic carbocycles. The van der Waals surface area contributed by atoms with Crippen molar-refractivity contribution in [2.45, 2.75) is 57.4 Å². The number of rotatable bonds is 5. The number of carbonyl (C=O) groups excluding carboxylic acids is 1. The van der Waals surface area contributed by atoms with Crippen molar-refractivity contribution < 1.29 is 13.2 Å². The number of benzene rings is 1. The van der Waals surface area contributed by atoms with Gasteiger partial charge in [0.15, 0.2) is 0 Å². The minimum atomic E-state index is -3.48. The van der Waals surface area contributed by atoms with Gasteiger partial charge in [0, 0.05) is 38.8 Å². The lowest BCUT2D eigenvalue weighted by atomic mass is 10.00. The molecule has 0 bridgehead atoms.